The number of hydrogen-bond acceptors (Lipinski definition) is 3. The number of aliphatic carboxylic acids is 1. The summed E-state index contributed by atoms with van der Waals surface area (Å²) in [6.07, 6.45) is 0. The number of carbonyl (C=O) groups is 2. The van der Waals surface area contributed by atoms with E-state index in [0.29, 0.717) is 24.0 Å². The second-order valence-corrected chi connectivity index (χ2v) is 5.75. The van der Waals surface area contributed by atoms with E-state index in [2.05, 4.69) is 5.32 Å². The average molecular weight is 308 g/mol. The molecular formula is C16H24N2O4. The number of nitrogens with one attached hydrogen (secondary N) is 1. The van der Waals surface area contributed by atoms with Crippen LogP contribution in [0.1, 0.15) is 20.8 Å². The second-order valence-electron chi connectivity index (χ2n) is 5.75. The molecule has 0 aliphatic rings. The van der Waals surface area contributed by atoms with E-state index in [-0.39, 0.29) is 12.6 Å². The highest BCUT2D eigenvalue weighted by atomic mass is 16.5. The van der Waals surface area contributed by atoms with E-state index in [9.17, 15) is 9.59 Å². The number of para-hydroxylation sites is 2. The number of amides is 2. The Morgan fingerprint density at radius 1 is 1.27 bits per heavy atom. The summed E-state index contributed by atoms with van der Waals surface area (Å²) in [5, 5.41) is 11.6. The minimum absolute atomic E-state index is 0.135. The van der Waals surface area contributed by atoms with Crippen molar-refractivity contribution in [3.05, 3.63) is 24.3 Å². The van der Waals surface area contributed by atoms with Crippen molar-refractivity contribution in [2.24, 2.45) is 11.8 Å². The van der Waals surface area contributed by atoms with Crippen LogP contribution in [0.2, 0.25) is 0 Å². The zero-order chi connectivity index (χ0) is 16.7. The second kappa shape index (κ2) is 8.26. The quantitative estimate of drug-likeness (QED) is 0.812. The third kappa shape index (κ3) is 5.63. The molecule has 2 amide bonds. The Bertz CT molecular complexity index is 517. The van der Waals surface area contributed by atoms with Gasteiger partial charge in [0.05, 0.1) is 18.2 Å². The number of carboxylic acids is 1. The van der Waals surface area contributed by atoms with E-state index in [4.69, 9.17) is 9.84 Å². The lowest BCUT2D eigenvalue weighted by Crippen LogP contribution is -2.36. The third-order valence-corrected chi connectivity index (χ3v) is 3.02. The van der Waals surface area contributed by atoms with Gasteiger partial charge in [-0.15, -0.1) is 0 Å². The smallest absolute Gasteiger partial charge is 0.321 e. The summed E-state index contributed by atoms with van der Waals surface area (Å²) >= 11 is 0. The van der Waals surface area contributed by atoms with Crippen LogP contribution >= 0.6 is 0 Å². The number of urea groups is 1. The Kier molecular flexibility index (Phi) is 6.69. The molecule has 1 aromatic carbocycles. The molecule has 1 rings (SSSR count). The Morgan fingerprint density at radius 3 is 2.50 bits per heavy atom. The van der Waals surface area contributed by atoms with Crippen molar-refractivity contribution in [3.63, 3.8) is 0 Å². The first kappa shape index (κ1) is 17.8. The van der Waals surface area contributed by atoms with Gasteiger partial charge < -0.3 is 20.1 Å². The molecule has 2 N–H and O–H groups in total. The highest BCUT2D eigenvalue weighted by Crippen LogP contribution is 2.24. The normalized spacial score (nSPS) is 11.9. The Hall–Kier alpha value is -2.24. The number of rotatable bonds is 7. The summed E-state index contributed by atoms with van der Waals surface area (Å²) in [6, 6.07) is 6.81. The van der Waals surface area contributed by atoms with Crippen LogP contribution in [0, 0.1) is 11.8 Å². The van der Waals surface area contributed by atoms with Crippen LogP contribution in [-0.4, -0.2) is 42.2 Å². The van der Waals surface area contributed by atoms with Gasteiger partial charge in [-0.3, -0.25) is 4.79 Å². The lowest BCUT2D eigenvalue weighted by molar-refractivity contribution is -0.141. The zero-order valence-electron chi connectivity index (χ0n) is 13.5. The summed E-state index contributed by atoms with van der Waals surface area (Å²) in [5.41, 5.74) is 0.572. The maximum atomic E-state index is 12.1. The maximum Gasteiger partial charge on any atom is 0.321 e. The molecule has 0 saturated heterocycles. The van der Waals surface area contributed by atoms with Crippen molar-refractivity contribution in [2.45, 2.75) is 20.8 Å². The molecule has 22 heavy (non-hydrogen) atoms. The number of benzene rings is 1. The van der Waals surface area contributed by atoms with Gasteiger partial charge in [-0.1, -0.05) is 32.9 Å². The molecule has 0 bridgehead atoms. The van der Waals surface area contributed by atoms with Gasteiger partial charge in [0.15, 0.2) is 0 Å². The number of carboxylic acid groups (broad SMARTS) is 1. The van der Waals surface area contributed by atoms with Gasteiger partial charge in [0, 0.05) is 13.6 Å². The van der Waals surface area contributed by atoms with Gasteiger partial charge in [-0.05, 0) is 18.1 Å². The highest BCUT2D eigenvalue weighted by molar-refractivity contribution is 5.91. The molecule has 6 heteroatoms. The number of hydrogen-bond donors (Lipinski definition) is 2. The van der Waals surface area contributed by atoms with Crippen molar-refractivity contribution in [3.8, 4) is 5.75 Å². The lowest BCUT2D eigenvalue weighted by Gasteiger charge is -2.21. The SMILES string of the molecule is CC(C)COc1ccccc1NC(=O)N(C)CC(C)C(=O)O. The topological polar surface area (TPSA) is 78.9 Å². The predicted molar refractivity (Wildman–Crippen MR) is 85.2 cm³/mol. The highest BCUT2D eigenvalue weighted by Gasteiger charge is 2.18. The van der Waals surface area contributed by atoms with Crippen LogP contribution < -0.4 is 10.1 Å². The van der Waals surface area contributed by atoms with Crippen molar-refractivity contribution >= 4 is 17.7 Å². The third-order valence-electron chi connectivity index (χ3n) is 3.02. The lowest BCUT2D eigenvalue weighted by atomic mass is 10.2. The van der Waals surface area contributed by atoms with Gasteiger partial charge in [0.25, 0.3) is 0 Å². The number of nitrogens with zero attached hydrogens (tertiary/aromatic N) is 1. The summed E-state index contributed by atoms with van der Waals surface area (Å²) in [6.45, 7) is 6.34. The van der Waals surface area contributed by atoms with Crippen LogP contribution in [0.3, 0.4) is 0 Å². The summed E-state index contributed by atoms with van der Waals surface area (Å²) < 4.78 is 5.67. The molecule has 0 fully saturated rings. The van der Waals surface area contributed by atoms with Crippen molar-refractivity contribution in [1.82, 2.24) is 4.90 Å². The summed E-state index contributed by atoms with van der Waals surface area (Å²) in [5.74, 6) is -0.574. The Morgan fingerprint density at radius 2 is 1.91 bits per heavy atom. The number of carbonyl (C=O) groups excluding carboxylic acids is 1. The molecule has 0 aliphatic heterocycles. The van der Waals surface area contributed by atoms with Crippen LogP contribution in [0.5, 0.6) is 5.75 Å². The fourth-order valence-electron chi connectivity index (χ4n) is 1.73. The zero-order valence-corrected chi connectivity index (χ0v) is 13.5. The van der Waals surface area contributed by atoms with Crippen LogP contribution in [0.15, 0.2) is 24.3 Å². The van der Waals surface area contributed by atoms with Crippen LogP contribution in [0.25, 0.3) is 0 Å². The van der Waals surface area contributed by atoms with E-state index in [1.165, 1.54) is 4.90 Å². The molecule has 1 atom stereocenters. The van der Waals surface area contributed by atoms with Crippen molar-refractivity contribution in [1.29, 1.82) is 0 Å². The number of anilines is 1. The van der Waals surface area contributed by atoms with E-state index in [0.717, 1.165) is 0 Å². The Labute approximate surface area is 131 Å². The molecule has 0 spiro atoms. The number of ether oxygens (including phenoxy) is 1. The fourth-order valence-corrected chi connectivity index (χ4v) is 1.73. The monoisotopic (exact) mass is 308 g/mol. The molecule has 0 aromatic heterocycles. The van der Waals surface area contributed by atoms with Gasteiger partial charge >= 0.3 is 12.0 Å². The average Bonchev–Trinajstić information content (AvgIpc) is 2.45. The van der Waals surface area contributed by atoms with Crippen LogP contribution in [-0.2, 0) is 4.79 Å². The molecule has 6 nitrogen and oxygen atoms in total. The van der Waals surface area contributed by atoms with Crippen molar-refractivity contribution in [2.75, 3.05) is 25.5 Å². The first-order chi connectivity index (χ1) is 10.3. The van der Waals surface area contributed by atoms with Gasteiger partial charge in [0.2, 0.25) is 0 Å². The minimum atomic E-state index is -0.930. The van der Waals surface area contributed by atoms with E-state index in [1.807, 2.05) is 19.9 Å². The molecular weight excluding hydrogens is 284 g/mol. The molecule has 0 radical (unpaired) electrons. The van der Waals surface area contributed by atoms with E-state index in [1.54, 1.807) is 32.2 Å². The molecule has 1 aromatic rings. The molecule has 0 aliphatic carbocycles. The van der Waals surface area contributed by atoms with Crippen molar-refractivity contribution < 1.29 is 19.4 Å². The van der Waals surface area contributed by atoms with Gasteiger partial charge in [-0.2, -0.15) is 0 Å². The molecule has 1 unspecified atom stereocenters. The summed E-state index contributed by atoms with van der Waals surface area (Å²) in [7, 11) is 1.56. The van der Waals surface area contributed by atoms with Crippen LogP contribution in [0.4, 0.5) is 10.5 Å². The largest absolute Gasteiger partial charge is 0.491 e. The maximum absolute atomic E-state index is 12.1. The molecule has 0 saturated carbocycles. The Balaban J connectivity index is 2.69. The first-order valence-electron chi connectivity index (χ1n) is 7.28. The summed E-state index contributed by atoms with van der Waals surface area (Å²) in [4.78, 5) is 24.3. The van der Waals surface area contributed by atoms with E-state index >= 15 is 0 Å². The van der Waals surface area contributed by atoms with Gasteiger partial charge in [0.1, 0.15) is 5.75 Å². The molecule has 0 heterocycles. The first-order valence-corrected chi connectivity index (χ1v) is 7.28. The predicted octanol–water partition coefficient (Wildman–Crippen LogP) is 2.91. The van der Waals surface area contributed by atoms with E-state index < -0.39 is 11.9 Å². The standard InChI is InChI=1S/C16H24N2O4/c1-11(2)10-22-14-8-6-5-7-13(14)17-16(21)18(4)9-12(3)15(19)20/h5-8,11-12H,9-10H2,1-4H3,(H,17,21)(H,19,20). The minimum Gasteiger partial charge on any atom is -0.491 e. The fraction of sp³-hybridized carbons (Fsp3) is 0.500. The molecule has 122 valence electrons. The van der Waals surface area contributed by atoms with Gasteiger partial charge in [-0.25, -0.2) is 4.79 Å².